The molecule has 0 saturated carbocycles. The molecule has 0 aliphatic heterocycles. The highest BCUT2D eigenvalue weighted by molar-refractivity contribution is 6.35. The Labute approximate surface area is 165 Å². The Hall–Kier alpha value is -2.50. The van der Waals surface area contributed by atoms with Gasteiger partial charge in [0.15, 0.2) is 6.10 Å². The maximum absolute atomic E-state index is 12.3. The SMILES string of the molecule is Cc1ccc2c(COC(=O)[C@@H](C)Oc3ccc(Cl)cc3Cl)cc(=O)oc2c1. The van der Waals surface area contributed by atoms with Gasteiger partial charge in [-0.05, 0) is 43.7 Å². The normalized spacial score (nSPS) is 12.0. The minimum Gasteiger partial charge on any atom is -0.477 e. The predicted molar refractivity (Wildman–Crippen MR) is 104 cm³/mol. The number of ether oxygens (including phenoxy) is 2. The standard InChI is InChI=1S/C20H16Cl2O5/c1-11-3-5-15-13(8-19(23)27-18(15)7-11)10-25-20(24)12(2)26-17-6-4-14(21)9-16(17)22/h3-9,12H,10H2,1-2H3/t12-/m1/s1. The summed E-state index contributed by atoms with van der Waals surface area (Å²) in [4.78, 5) is 24.0. The van der Waals surface area contributed by atoms with E-state index < -0.39 is 17.7 Å². The van der Waals surface area contributed by atoms with Crippen LogP contribution in [0.5, 0.6) is 5.75 Å². The van der Waals surface area contributed by atoms with E-state index in [1.807, 2.05) is 19.1 Å². The van der Waals surface area contributed by atoms with Gasteiger partial charge in [-0.25, -0.2) is 9.59 Å². The Morgan fingerprint density at radius 3 is 2.67 bits per heavy atom. The molecule has 0 amide bonds. The Morgan fingerprint density at radius 2 is 1.93 bits per heavy atom. The molecule has 1 heterocycles. The van der Waals surface area contributed by atoms with Crippen LogP contribution in [-0.4, -0.2) is 12.1 Å². The molecule has 1 atom stereocenters. The molecule has 0 saturated heterocycles. The molecule has 0 aliphatic rings. The average molecular weight is 407 g/mol. The van der Waals surface area contributed by atoms with Gasteiger partial charge >= 0.3 is 11.6 Å². The fraction of sp³-hybridized carbons (Fsp3) is 0.200. The minimum absolute atomic E-state index is 0.0773. The molecule has 5 nitrogen and oxygen atoms in total. The van der Waals surface area contributed by atoms with Gasteiger partial charge in [-0.3, -0.25) is 0 Å². The molecule has 3 aromatic rings. The van der Waals surface area contributed by atoms with Crippen LogP contribution in [0.25, 0.3) is 11.0 Å². The van der Waals surface area contributed by atoms with Crippen molar-refractivity contribution >= 4 is 40.1 Å². The Kier molecular flexibility index (Phi) is 5.73. The van der Waals surface area contributed by atoms with Gasteiger partial charge in [0.05, 0.1) is 5.02 Å². The van der Waals surface area contributed by atoms with E-state index in [9.17, 15) is 9.59 Å². The Morgan fingerprint density at radius 1 is 1.15 bits per heavy atom. The number of benzene rings is 2. The zero-order chi connectivity index (χ0) is 19.6. The van der Waals surface area contributed by atoms with Crippen LogP contribution in [0.3, 0.4) is 0 Å². The highest BCUT2D eigenvalue weighted by atomic mass is 35.5. The average Bonchev–Trinajstić information content (AvgIpc) is 2.61. The summed E-state index contributed by atoms with van der Waals surface area (Å²) in [7, 11) is 0. The van der Waals surface area contributed by atoms with Crippen LogP contribution >= 0.6 is 23.2 Å². The molecule has 0 aliphatic carbocycles. The van der Waals surface area contributed by atoms with E-state index in [0.29, 0.717) is 32.3 Å². The molecule has 7 heteroatoms. The maximum Gasteiger partial charge on any atom is 0.347 e. The van der Waals surface area contributed by atoms with Crippen LogP contribution in [0.15, 0.2) is 51.7 Å². The third-order valence-electron chi connectivity index (χ3n) is 3.89. The van der Waals surface area contributed by atoms with Gasteiger partial charge in [0.1, 0.15) is 17.9 Å². The van der Waals surface area contributed by atoms with Crippen molar-refractivity contribution < 1.29 is 18.7 Å². The summed E-state index contributed by atoms with van der Waals surface area (Å²) >= 11 is 11.9. The van der Waals surface area contributed by atoms with Gasteiger partial charge < -0.3 is 13.9 Å². The number of aryl methyl sites for hydroxylation is 1. The second-order valence-electron chi connectivity index (χ2n) is 6.03. The van der Waals surface area contributed by atoms with Crippen molar-refractivity contribution in [3.05, 3.63) is 74.1 Å². The number of carbonyl (C=O) groups excluding carboxylic acids is 1. The van der Waals surface area contributed by atoms with Gasteiger partial charge in [-0.15, -0.1) is 0 Å². The summed E-state index contributed by atoms with van der Waals surface area (Å²) < 4.78 is 16.0. The topological polar surface area (TPSA) is 65.7 Å². The number of fused-ring (bicyclic) bond motifs is 1. The van der Waals surface area contributed by atoms with E-state index in [-0.39, 0.29) is 6.61 Å². The van der Waals surface area contributed by atoms with Crippen LogP contribution in [0.1, 0.15) is 18.1 Å². The number of hydrogen-bond acceptors (Lipinski definition) is 5. The summed E-state index contributed by atoms with van der Waals surface area (Å²) in [5.74, 6) is -0.263. The zero-order valence-corrected chi connectivity index (χ0v) is 16.1. The first-order chi connectivity index (χ1) is 12.8. The molecule has 0 fully saturated rings. The van der Waals surface area contributed by atoms with E-state index in [4.69, 9.17) is 37.1 Å². The first-order valence-corrected chi connectivity index (χ1v) is 8.91. The third kappa shape index (κ3) is 4.62. The van der Waals surface area contributed by atoms with Crippen molar-refractivity contribution in [2.75, 3.05) is 0 Å². The number of halogens is 2. The van der Waals surface area contributed by atoms with Crippen LogP contribution in [0.4, 0.5) is 0 Å². The van der Waals surface area contributed by atoms with Crippen molar-refractivity contribution in [1.82, 2.24) is 0 Å². The molecule has 27 heavy (non-hydrogen) atoms. The number of hydrogen-bond donors (Lipinski definition) is 0. The second kappa shape index (κ2) is 8.03. The first kappa shape index (κ1) is 19.3. The summed E-state index contributed by atoms with van der Waals surface area (Å²) in [5.41, 5.74) is 1.47. The molecule has 1 aromatic heterocycles. The monoisotopic (exact) mass is 406 g/mol. The van der Waals surface area contributed by atoms with Crippen molar-refractivity contribution in [1.29, 1.82) is 0 Å². The molecule has 140 valence electrons. The van der Waals surface area contributed by atoms with Crippen molar-refractivity contribution in [3.8, 4) is 5.75 Å². The van der Waals surface area contributed by atoms with Crippen molar-refractivity contribution in [3.63, 3.8) is 0 Å². The summed E-state index contributed by atoms with van der Waals surface area (Å²) in [6.07, 6.45) is -0.891. The van der Waals surface area contributed by atoms with Gasteiger partial charge in [-0.1, -0.05) is 35.3 Å². The number of esters is 1. The lowest BCUT2D eigenvalue weighted by Gasteiger charge is -2.15. The Bertz CT molecular complexity index is 1060. The van der Waals surface area contributed by atoms with Gasteiger partial charge in [0.25, 0.3) is 0 Å². The van der Waals surface area contributed by atoms with E-state index in [1.54, 1.807) is 25.1 Å². The predicted octanol–water partition coefficient (Wildman–Crippen LogP) is 4.92. The molecule has 3 rings (SSSR count). The lowest BCUT2D eigenvalue weighted by Crippen LogP contribution is -2.26. The van der Waals surface area contributed by atoms with Gasteiger partial charge in [-0.2, -0.15) is 0 Å². The largest absolute Gasteiger partial charge is 0.477 e. The summed E-state index contributed by atoms with van der Waals surface area (Å²) in [5, 5.41) is 1.47. The Balaban J connectivity index is 1.72. The molecule has 0 N–H and O–H groups in total. The van der Waals surface area contributed by atoms with Crippen molar-refractivity contribution in [2.24, 2.45) is 0 Å². The first-order valence-electron chi connectivity index (χ1n) is 8.15. The smallest absolute Gasteiger partial charge is 0.347 e. The fourth-order valence-electron chi connectivity index (χ4n) is 2.53. The van der Waals surface area contributed by atoms with E-state index in [2.05, 4.69) is 0 Å². The van der Waals surface area contributed by atoms with Crippen LogP contribution in [0, 0.1) is 6.92 Å². The maximum atomic E-state index is 12.3. The molecular weight excluding hydrogens is 391 g/mol. The summed E-state index contributed by atoms with van der Waals surface area (Å²) in [6.45, 7) is 3.37. The van der Waals surface area contributed by atoms with Crippen molar-refractivity contribution in [2.45, 2.75) is 26.6 Å². The van der Waals surface area contributed by atoms with Crippen LogP contribution in [0.2, 0.25) is 10.0 Å². The number of rotatable bonds is 5. The third-order valence-corrected chi connectivity index (χ3v) is 4.42. The molecule has 0 spiro atoms. The van der Waals surface area contributed by atoms with E-state index in [1.165, 1.54) is 12.1 Å². The fourth-order valence-corrected chi connectivity index (χ4v) is 2.99. The van der Waals surface area contributed by atoms with Crippen LogP contribution in [-0.2, 0) is 16.1 Å². The van der Waals surface area contributed by atoms with Gasteiger partial charge in [0, 0.05) is 22.0 Å². The summed E-state index contributed by atoms with van der Waals surface area (Å²) in [6, 6.07) is 11.5. The van der Waals surface area contributed by atoms with E-state index in [0.717, 1.165) is 5.56 Å². The molecule has 0 unspecified atom stereocenters. The molecule has 0 bridgehead atoms. The zero-order valence-electron chi connectivity index (χ0n) is 14.6. The van der Waals surface area contributed by atoms with Gasteiger partial charge in [0.2, 0.25) is 0 Å². The van der Waals surface area contributed by atoms with Crippen LogP contribution < -0.4 is 10.4 Å². The minimum atomic E-state index is -0.891. The van der Waals surface area contributed by atoms with E-state index >= 15 is 0 Å². The molecular formula is C20H16Cl2O5. The lowest BCUT2D eigenvalue weighted by atomic mass is 10.1. The molecule has 0 radical (unpaired) electrons. The highest BCUT2D eigenvalue weighted by Crippen LogP contribution is 2.28. The highest BCUT2D eigenvalue weighted by Gasteiger charge is 2.19. The second-order valence-corrected chi connectivity index (χ2v) is 6.88. The quantitative estimate of drug-likeness (QED) is 0.444. The lowest BCUT2D eigenvalue weighted by molar-refractivity contribution is -0.152. The number of carbonyl (C=O) groups is 1. The molecule has 2 aromatic carbocycles.